The highest BCUT2D eigenvalue weighted by atomic mass is 16.4. The molecule has 0 rings (SSSR count). The molecule has 50 valence electrons. The van der Waals surface area contributed by atoms with Crippen LogP contribution in [0.15, 0.2) is 0 Å². The molecule has 4 heteroatoms. The van der Waals surface area contributed by atoms with Gasteiger partial charge in [0, 0.05) is 0 Å². The third kappa shape index (κ3) is 9.04. The maximum atomic E-state index is 9.70. The quantitative estimate of drug-likeness (QED) is 0.323. The van der Waals surface area contributed by atoms with Gasteiger partial charge in [-0.25, -0.2) is 0 Å². The van der Waals surface area contributed by atoms with Crippen molar-refractivity contribution in [3.8, 4) is 0 Å². The minimum absolute atomic E-state index is 0.231. The molecule has 0 amide bonds. The van der Waals surface area contributed by atoms with Crippen LogP contribution in [0.25, 0.3) is 0 Å². The molecule has 0 spiro atoms. The van der Waals surface area contributed by atoms with Gasteiger partial charge in [-0.1, -0.05) is 13.8 Å². The van der Waals surface area contributed by atoms with E-state index in [0.717, 1.165) is 0 Å². The normalized spacial score (nSPS) is 7.62. The maximum absolute atomic E-state index is 9.70. The summed E-state index contributed by atoms with van der Waals surface area (Å²) in [5.74, 6) is 7.03. The molecule has 0 heterocycles. The molecule has 0 bridgehead atoms. The third-order valence-corrected chi connectivity index (χ3v) is 0.494. The Bertz CT molecular complexity index is 63.1. The maximum Gasteiger partial charge on any atom is 0.305 e. The Balaban J connectivity index is 0. The molecule has 0 radical (unpaired) electrons. The summed E-state index contributed by atoms with van der Waals surface area (Å²) in [5.41, 5.74) is 0. The Hall–Kier alpha value is -0.610. The predicted octanol–water partition coefficient (Wildman–Crippen LogP) is -0.454. The lowest BCUT2D eigenvalue weighted by molar-refractivity contribution is -0.140. The highest BCUT2D eigenvalue weighted by Crippen LogP contribution is 1.87. The number of carboxylic acid groups (broad SMARTS) is 1. The number of hydrogen-bond acceptors (Lipinski definition) is 3. The van der Waals surface area contributed by atoms with Gasteiger partial charge in [-0.3, -0.25) is 16.5 Å². The highest BCUT2D eigenvalue weighted by molar-refractivity contribution is 5.68. The molecule has 0 saturated heterocycles. The molecule has 0 unspecified atom stereocenters. The summed E-state index contributed by atoms with van der Waals surface area (Å²) in [6.07, 6.45) is 0. The Kier molecular flexibility index (Phi) is 8.30. The Morgan fingerprint density at radius 3 is 1.62 bits per heavy atom. The molecule has 0 aliphatic carbocycles. The largest absolute Gasteiger partial charge is 0.481 e. The van der Waals surface area contributed by atoms with E-state index in [4.69, 9.17) is 5.11 Å². The first-order chi connectivity index (χ1) is 3.64. The number of carboxylic acids is 1. The monoisotopic (exact) mass is 120 g/mol. The van der Waals surface area contributed by atoms with Crippen LogP contribution in [-0.4, -0.2) is 11.1 Å². The molecular weight excluding hydrogens is 108 g/mol. The lowest BCUT2D eigenvalue weighted by Gasteiger charge is -1.89. The smallest absolute Gasteiger partial charge is 0.305 e. The van der Waals surface area contributed by atoms with Gasteiger partial charge in [0.2, 0.25) is 0 Å². The standard InChI is InChI=1S/C4H8O2.H4N2/c1-3(2)4(5)6;1-2/h3H,1-2H3,(H,5,6);1-2H2. The van der Waals surface area contributed by atoms with Crippen LogP contribution in [0.2, 0.25) is 0 Å². The van der Waals surface area contributed by atoms with E-state index >= 15 is 0 Å². The molecule has 8 heavy (non-hydrogen) atoms. The van der Waals surface area contributed by atoms with E-state index < -0.39 is 5.97 Å². The van der Waals surface area contributed by atoms with Crippen LogP contribution in [0.5, 0.6) is 0 Å². The average molecular weight is 120 g/mol. The Morgan fingerprint density at radius 1 is 1.50 bits per heavy atom. The van der Waals surface area contributed by atoms with Crippen molar-refractivity contribution in [2.45, 2.75) is 13.8 Å². The average Bonchev–Trinajstić information content (AvgIpc) is 1.72. The van der Waals surface area contributed by atoms with E-state index in [0.29, 0.717) is 0 Å². The van der Waals surface area contributed by atoms with Crippen molar-refractivity contribution >= 4 is 5.97 Å². The molecule has 5 N–H and O–H groups in total. The van der Waals surface area contributed by atoms with Crippen LogP contribution in [0.4, 0.5) is 0 Å². The fraction of sp³-hybridized carbons (Fsp3) is 0.750. The van der Waals surface area contributed by atoms with Gasteiger partial charge in [0.05, 0.1) is 5.92 Å². The Morgan fingerprint density at radius 2 is 1.62 bits per heavy atom. The molecule has 0 atom stereocenters. The highest BCUT2D eigenvalue weighted by Gasteiger charge is 1.99. The van der Waals surface area contributed by atoms with E-state index in [-0.39, 0.29) is 5.92 Å². The number of hydrazine groups is 1. The molecule has 0 aromatic carbocycles. The lowest BCUT2D eigenvalue weighted by atomic mass is 10.2. The number of rotatable bonds is 1. The summed E-state index contributed by atoms with van der Waals surface area (Å²) < 4.78 is 0. The lowest BCUT2D eigenvalue weighted by Crippen LogP contribution is -2.03. The van der Waals surface area contributed by atoms with E-state index in [2.05, 4.69) is 11.7 Å². The van der Waals surface area contributed by atoms with E-state index in [9.17, 15) is 4.79 Å². The summed E-state index contributed by atoms with van der Waals surface area (Å²) >= 11 is 0. The number of carbonyl (C=O) groups is 1. The summed E-state index contributed by atoms with van der Waals surface area (Å²) in [5, 5.41) is 7.99. The van der Waals surface area contributed by atoms with Gasteiger partial charge in [-0.05, 0) is 0 Å². The van der Waals surface area contributed by atoms with Crippen LogP contribution in [-0.2, 0) is 4.79 Å². The van der Waals surface area contributed by atoms with E-state index in [1.165, 1.54) is 0 Å². The first kappa shape index (κ1) is 10.4. The molecule has 0 aliphatic rings. The van der Waals surface area contributed by atoms with E-state index in [1.54, 1.807) is 13.8 Å². The van der Waals surface area contributed by atoms with Crippen LogP contribution in [0.3, 0.4) is 0 Å². The van der Waals surface area contributed by atoms with Gasteiger partial charge in [0.15, 0.2) is 0 Å². The first-order valence-corrected chi connectivity index (χ1v) is 2.20. The molecule has 4 nitrogen and oxygen atoms in total. The van der Waals surface area contributed by atoms with Gasteiger partial charge in [0.1, 0.15) is 0 Å². The second-order valence-corrected chi connectivity index (χ2v) is 1.49. The fourth-order valence-corrected chi connectivity index (χ4v) is 0. The van der Waals surface area contributed by atoms with Gasteiger partial charge < -0.3 is 5.11 Å². The number of nitrogens with two attached hydrogens (primary N) is 2. The van der Waals surface area contributed by atoms with Crippen molar-refractivity contribution < 1.29 is 9.90 Å². The molecule has 0 saturated carbocycles. The zero-order valence-corrected chi connectivity index (χ0v) is 5.09. The number of aliphatic carboxylic acids is 1. The summed E-state index contributed by atoms with van der Waals surface area (Å²) in [7, 11) is 0. The fourth-order valence-electron chi connectivity index (χ4n) is 0. The number of hydrogen-bond donors (Lipinski definition) is 3. The molecule has 0 fully saturated rings. The molecule has 0 aliphatic heterocycles. The predicted molar refractivity (Wildman–Crippen MR) is 30.8 cm³/mol. The van der Waals surface area contributed by atoms with Crippen molar-refractivity contribution in [3.63, 3.8) is 0 Å². The van der Waals surface area contributed by atoms with Crippen LogP contribution in [0, 0.1) is 5.92 Å². The van der Waals surface area contributed by atoms with Crippen LogP contribution in [0.1, 0.15) is 13.8 Å². The third-order valence-electron chi connectivity index (χ3n) is 0.494. The van der Waals surface area contributed by atoms with Crippen LogP contribution >= 0.6 is 0 Å². The molecule has 0 aromatic rings. The van der Waals surface area contributed by atoms with Gasteiger partial charge >= 0.3 is 5.97 Å². The van der Waals surface area contributed by atoms with Gasteiger partial charge in [0.25, 0.3) is 0 Å². The summed E-state index contributed by atoms with van der Waals surface area (Å²) in [6, 6.07) is 0. The van der Waals surface area contributed by atoms with Crippen molar-refractivity contribution in [1.82, 2.24) is 0 Å². The van der Waals surface area contributed by atoms with Crippen molar-refractivity contribution in [2.75, 3.05) is 0 Å². The zero-order chi connectivity index (χ0) is 7.15. The SMILES string of the molecule is CC(C)C(=O)O.NN. The minimum Gasteiger partial charge on any atom is -0.481 e. The van der Waals surface area contributed by atoms with E-state index in [1.807, 2.05) is 0 Å². The summed E-state index contributed by atoms with van der Waals surface area (Å²) in [4.78, 5) is 9.70. The Labute approximate surface area is 48.4 Å². The van der Waals surface area contributed by atoms with Crippen molar-refractivity contribution in [3.05, 3.63) is 0 Å². The molecular formula is C4H12N2O2. The second-order valence-electron chi connectivity index (χ2n) is 1.49. The van der Waals surface area contributed by atoms with Gasteiger partial charge in [-0.2, -0.15) is 0 Å². The second kappa shape index (κ2) is 6.39. The molecule has 0 aromatic heterocycles. The topological polar surface area (TPSA) is 89.3 Å². The zero-order valence-electron chi connectivity index (χ0n) is 5.09. The summed E-state index contributed by atoms with van der Waals surface area (Å²) in [6.45, 7) is 3.28. The van der Waals surface area contributed by atoms with Crippen LogP contribution < -0.4 is 11.7 Å². The minimum atomic E-state index is -0.741. The van der Waals surface area contributed by atoms with Crippen molar-refractivity contribution in [2.24, 2.45) is 17.6 Å². The van der Waals surface area contributed by atoms with Crippen molar-refractivity contribution in [1.29, 1.82) is 0 Å². The first-order valence-electron chi connectivity index (χ1n) is 2.20. The van der Waals surface area contributed by atoms with Gasteiger partial charge in [-0.15, -0.1) is 0 Å².